The van der Waals surface area contributed by atoms with Crippen molar-refractivity contribution >= 4 is 16.9 Å². The third-order valence-corrected chi connectivity index (χ3v) is 3.81. The number of aromatic nitrogens is 1. The third-order valence-electron chi connectivity index (χ3n) is 3.81. The highest BCUT2D eigenvalue weighted by Gasteiger charge is 2.28. The van der Waals surface area contributed by atoms with Gasteiger partial charge in [-0.3, -0.25) is 4.79 Å². The van der Waals surface area contributed by atoms with E-state index in [4.69, 9.17) is 5.11 Å². The minimum Gasteiger partial charge on any atom is -0.506 e. The zero-order chi connectivity index (χ0) is 14.6. The second-order valence-corrected chi connectivity index (χ2v) is 5.05. The van der Waals surface area contributed by atoms with Crippen LogP contribution in [-0.2, 0) is 6.42 Å². The predicted octanol–water partition coefficient (Wildman–Crippen LogP) is 2.05. The lowest BCUT2D eigenvalue weighted by molar-refractivity contribution is 0.0691. The molecule has 5 nitrogen and oxygen atoms in total. The maximum absolute atomic E-state index is 13.6. The van der Waals surface area contributed by atoms with E-state index in [9.17, 15) is 19.1 Å². The lowest BCUT2D eigenvalue weighted by Gasteiger charge is -2.26. The van der Waals surface area contributed by atoms with Crippen LogP contribution in [0.25, 0.3) is 10.9 Å². The molecule has 0 amide bonds. The Bertz CT molecular complexity index is 809. The smallest absolute Gasteiger partial charge is 0.345 e. The van der Waals surface area contributed by atoms with Gasteiger partial charge in [0, 0.05) is 11.4 Å². The molecule has 0 radical (unpaired) electrons. The zero-order valence-corrected chi connectivity index (χ0v) is 10.7. The number of hydrogen-bond acceptors (Lipinski definition) is 3. The Morgan fingerprint density at radius 3 is 2.80 bits per heavy atom. The minimum absolute atomic E-state index is 0.0727. The zero-order valence-electron chi connectivity index (χ0n) is 10.7. The molecule has 1 unspecified atom stereocenters. The van der Waals surface area contributed by atoms with E-state index in [1.165, 1.54) is 10.6 Å². The standard InChI is InChI=1S/C14H12FNO4/c1-6-2-3-7-4-8(15)5-9-11(7)16(6)13(18)10(12(9)17)14(19)20/h4-6,17H,2-3H2,1H3,(H,19,20). The van der Waals surface area contributed by atoms with Gasteiger partial charge < -0.3 is 14.8 Å². The van der Waals surface area contributed by atoms with Gasteiger partial charge in [0.05, 0.1) is 5.52 Å². The van der Waals surface area contributed by atoms with Crippen LogP contribution >= 0.6 is 0 Å². The number of nitrogens with zero attached hydrogens (tertiary/aromatic N) is 1. The van der Waals surface area contributed by atoms with E-state index in [2.05, 4.69) is 0 Å². The number of carboxylic acids is 1. The summed E-state index contributed by atoms with van der Waals surface area (Å²) in [5.74, 6) is -2.73. The maximum Gasteiger partial charge on any atom is 0.345 e. The van der Waals surface area contributed by atoms with E-state index < -0.39 is 28.7 Å². The number of pyridine rings is 1. The van der Waals surface area contributed by atoms with Gasteiger partial charge in [-0.05, 0) is 37.5 Å². The van der Waals surface area contributed by atoms with Gasteiger partial charge in [-0.15, -0.1) is 0 Å². The van der Waals surface area contributed by atoms with Crippen LogP contribution in [0.5, 0.6) is 5.75 Å². The van der Waals surface area contributed by atoms with E-state index >= 15 is 0 Å². The predicted molar refractivity (Wildman–Crippen MR) is 69.8 cm³/mol. The molecule has 1 aromatic carbocycles. The molecule has 1 aromatic heterocycles. The molecule has 0 fully saturated rings. The van der Waals surface area contributed by atoms with Crippen molar-refractivity contribution in [1.29, 1.82) is 0 Å². The summed E-state index contributed by atoms with van der Waals surface area (Å²) in [6, 6.07) is 2.19. The summed E-state index contributed by atoms with van der Waals surface area (Å²) in [4.78, 5) is 23.5. The van der Waals surface area contributed by atoms with Gasteiger partial charge in [0.15, 0.2) is 5.56 Å². The number of halogens is 1. The van der Waals surface area contributed by atoms with Crippen molar-refractivity contribution in [2.24, 2.45) is 0 Å². The largest absolute Gasteiger partial charge is 0.506 e. The first-order valence-electron chi connectivity index (χ1n) is 6.24. The number of aryl methyl sites for hydroxylation is 1. The molecule has 1 atom stereocenters. The maximum atomic E-state index is 13.6. The Labute approximate surface area is 112 Å². The summed E-state index contributed by atoms with van der Waals surface area (Å²) in [5.41, 5.74) is -0.412. The average Bonchev–Trinajstić information content (AvgIpc) is 2.36. The summed E-state index contributed by atoms with van der Waals surface area (Å²) in [7, 11) is 0. The number of carboxylic acid groups (broad SMARTS) is 1. The number of hydrogen-bond donors (Lipinski definition) is 2. The van der Waals surface area contributed by atoms with Crippen molar-refractivity contribution < 1.29 is 19.4 Å². The van der Waals surface area contributed by atoms with Crippen LogP contribution in [0.1, 0.15) is 35.3 Å². The molecule has 0 bridgehead atoms. The van der Waals surface area contributed by atoms with E-state index in [1.54, 1.807) is 6.92 Å². The van der Waals surface area contributed by atoms with Gasteiger partial charge in [0.25, 0.3) is 5.56 Å². The highest BCUT2D eigenvalue weighted by atomic mass is 19.1. The number of benzene rings is 1. The molecule has 6 heteroatoms. The molecule has 3 rings (SSSR count). The SMILES string of the molecule is CC1CCc2cc(F)cc3c(O)c(C(=O)O)c(=O)n1c23. The fourth-order valence-corrected chi connectivity index (χ4v) is 2.88. The summed E-state index contributed by atoms with van der Waals surface area (Å²) in [5, 5.41) is 19.2. The lowest BCUT2D eigenvalue weighted by Crippen LogP contribution is -2.32. The van der Waals surface area contributed by atoms with Crippen molar-refractivity contribution in [1.82, 2.24) is 4.57 Å². The van der Waals surface area contributed by atoms with Crippen molar-refractivity contribution in [2.75, 3.05) is 0 Å². The Morgan fingerprint density at radius 2 is 2.15 bits per heavy atom. The molecule has 0 saturated carbocycles. The molecule has 1 aliphatic rings. The van der Waals surface area contributed by atoms with Crippen LogP contribution in [0, 0.1) is 5.82 Å². The van der Waals surface area contributed by atoms with Crippen molar-refractivity contribution in [3.8, 4) is 5.75 Å². The molecule has 0 saturated heterocycles. The van der Waals surface area contributed by atoms with E-state index in [-0.39, 0.29) is 11.4 Å². The number of aromatic carboxylic acids is 1. The van der Waals surface area contributed by atoms with Gasteiger partial charge >= 0.3 is 5.97 Å². The number of carbonyl (C=O) groups is 1. The lowest BCUT2D eigenvalue weighted by atomic mass is 9.95. The quantitative estimate of drug-likeness (QED) is 0.836. The average molecular weight is 277 g/mol. The number of aromatic hydroxyl groups is 1. The Morgan fingerprint density at radius 1 is 1.45 bits per heavy atom. The molecule has 0 spiro atoms. The van der Waals surface area contributed by atoms with Crippen molar-refractivity contribution in [2.45, 2.75) is 25.8 Å². The van der Waals surface area contributed by atoms with E-state index in [0.29, 0.717) is 23.9 Å². The third kappa shape index (κ3) is 1.54. The van der Waals surface area contributed by atoms with Crippen LogP contribution in [-0.4, -0.2) is 20.7 Å². The first-order valence-corrected chi connectivity index (χ1v) is 6.24. The fraction of sp³-hybridized carbons (Fsp3) is 0.286. The van der Waals surface area contributed by atoms with E-state index in [1.807, 2.05) is 0 Å². The summed E-state index contributed by atoms with van der Waals surface area (Å²) in [6.07, 6.45) is 1.20. The molecule has 2 aromatic rings. The minimum atomic E-state index is -1.51. The first kappa shape index (κ1) is 12.7. The summed E-state index contributed by atoms with van der Waals surface area (Å²) in [6.45, 7) is 1.80. The summed E-state index contributed by atoms with van der Waals surface area (Å²) >= 11 is 0. The van der Waals surface area contributed by atoms with Gasteiger partial charge in [0.2, 0.25) is 0 Å². The van der Waals surface area contributed by atoms with Gasteiger partial charge in [0.1, 0.15) is 11.6 Å². The topological polar surface area (TPSA) is 79.5 Å². The Balaban J connectivity index is 2.61. The van der Waals surface area contributed by atoms with Gasteiger partial charge in [-0.1, -0.05) is 0 Å². The van der Waals surface area contributed by atoms with Crippen LogP contribution in [0.4, 0.5) is 4.39 Å². The highest BCUT2D eigenvalue weighted by Crippen LogP contribution is 2.35. The molecule has 2 heterocycles. The first-order chi connectivity index (χ1) is 9.41. The van der Waals surface area contributed by atoms with Crippen molar-refractivity contribution in [3.63, 3.8) is 0 Å². The monoisotopic (exact) mass is 277 g/mol. The molecule has 104 valence electrons. The second kappa shape index (κ2) is 4.06. The molecule has 20 heavy (non-hydrogen) atoms. The van der Waals surface area contributed by atoms with Crippen LogP contribution in [0.2, 0.25) is 0 Å². The fourth-order valence-electron chi connectivity index (χ4n) is 2.88. The number of rotatable bonds is 1. The molecule has 1 aliphatic heterocycles. The highest BCUT2D eigenvalue weighted by molar-refractivity contribution is 5.99. The van der Waals surface area contributed by atoms with Gasteiger partial charge in [-0.2, -0.15) is 0 Å². The molecule has 0 aliphatic carbocycles. The normalized spacial score (nSPS) is 17.4. The molecule has 2 N–H and O–H groups in total. The van der Waals surface area contributed by atoms with Crippen LogP contribution in [0.3, 0.4) is 0 Å². The molecular weight excluding hydrogens is 265 g/mol. The second-order valence-electron chi connectivity index (χ2n) is 5.05. The van der Waals surface area contributed by atoms with E-state index in [0.717, 1.165) is 6.07 Å². The van der Waals surface area contributed by atoms with Crippen LogP contribution in [0.15, 0.2) is 16.9 Å². The van der Waals surface area contributed by atoms with Crippen molar-refractivity contribution in [3.05, 3.63) is 39.4 Å². The Hall–Kier alpha value is -2.37. The molecular formula is C14H12FNO4. The summed E-state index contributed by atoms with van der Waals surface area (Å²) < 4.78 is 14.9. The van der Waals surface area contributed by atoms with Crippen LogP contribution < -0.4 is 5.56 Å². The van der Waals surface area contributed by atoms with Gasteiger partial charge in [-0.25, -0.2) is 9.18 Å². The Kier molecular flexibility index (Phi) is 2.57.